The van der Waals surface area contributed by atoms with Crippen LogP contribution in [-0.2, 0) is 10.4 Å². The minimum atomic E-state index is -0.379. The maximum absolute atomic E-state index is 6.44. The fourth-order valence-electron chi connectivity index (χ4n) is 3.37. The highest BCUT2D eigenvalue weighted by Crippen LogP contribution is 2.61. The summed E-state index contributed by atoms with van der Waals surface area (Å²) in [7, 11) is 5.73. The average molecular weight is 352 g/mol. The molecule has 0 aromatic heterocycles. The zero-order valence-corrected chi connectivity index (χ0v) is 15.4. The largest absolute Gasteiger partial charge is 0.497 e. The molecule has 0 radical (unpaired) electrons. The van der Waals surface area contributed by atoms with Gasteiger partial charge in [-0.25, -0.2) is 0 Å². The molecule has 1 fully saturated rings. The first-order valence-corrected chi connectivity index (χ1v) is 8.83. The number of ether oxygens (including phenoxy) is 2. The lowest BCUT2D eigenvalue weighted by Crippen LogP contribution is -2.26. The molecule has 0 bridgehead atoms. The zero-order valence-electron chi connectivity index (χ0n) is 15.4. The summed E-state index contributed by atoms with van der Waals surface area (Å²) in [6.07, 6.45) is 0.855. The number of methoxy groups -OCH3 is 1. The molecule has 2 aliphatic rings. The van der Waals surface area contributed by atoms with Crippen LogP contribution >= 0.6 is 0 Å². The Morgan fingerprint density at radius 3 is 2.69 bits per heavy atom. The van der Waals surface area contributed by atoms with Crippen molar-refractivity contribution in [1.82, 2.24) is 10.4 Å². The van der Waals surface area contributed by atoms with Gasteiger partial charge >= 0.3 is 0 Å². The second-order valence-electron chi connectivity index (χ2n) is 6.94. The molecule has 136 valence electrons. The molecular weight excluding hydrogens is 328 g/mol. The van der Waals surface area contributed by atoms with Crippen LogP contribution in [0.5, 0.6) is 11.5 Å². The van der Waals surface area contributed by atoms with E-state index in [4.69, 9.17) is 14.3 Å². The van der Waals surface area contributed by atoms with Crippen molar-refractivity contribution >= 4 is 5.70 Å². The Morgan fingerprint density at radius 2 is 1.96 bits per heavy atom. The fraction of sp³-hybridized carbons (Fsp3) is 0.333. The number of fused-ring (bicyclic) bond motifs is 2. The van der Waals surface area contributed by atoms with Gasteiger partial charge in [-0.1, -0.05) is 30.3 Å². The normalized spacial score (nSPS) is 20.3. The molecule has 0 saturated heterocycles. The molecule has 1 heterocycles. The van der Waals surface area contributed by atoms with Crippen LogP contribution in [0.2, 0.25) is 0 Å². The van der Waals surface area contributed by atoms with Crippen LogP contribution in [-0.4, -0.2) is 39.3 Å². The highest BCUT2D eigenvalue weighted by molar-refractivity contribution is 5.81. The fourth-order valence-corrected chi connectivity index (χ4v) is 3.37. The maximum Gasteiger partial charge on any atom is 0.162 e. The number of hydrogen-bond donors (Lipinski definition) is 1. The minimum absolute atomic E-state index is 0.379. The Balaban J connectivity index is 1.67. The Morgan fingerprint density at radius 1 is 1.15 bits per heavy atom. The standard InChI is InChI=1S/C21H24N2O3/c1-23(2)11-12-25-22-20-17-13-16(24-3)9-10-19(17)26-21(14-18(20)21)15-7-5-4-6-8-15/h4-10,13,22H,11-12,14H2,1-3H3. The van der Waals surface area contributed by atoms with Gasteiger partial charge < -0.3 is 14.4 Å². The van der Waals surface area contributed by atoms with Gasteiger partial charge in [-0.2, -0.15) is 0 Å². The van der Waals surface area contributed by atoms with Crippen LogP contribution in [0.15, 0.2) is 54.1 Å². The summed E-state index contributed by atoms with van der Waals surface area (Å²) in [5, 5.41) is 0. The van der Waals surface area contributed by atoms with E-state index in [2.05, 4.69) is 22.5 Å². The molecule has 1 saturated carbocycles. The Bertz CT molecular complexity index is 832. The lowest BCUT2D eigenvalue weighted by Gasteiger charge is -2.27. The summed E-state index contributed by atoms with van der Waals surface area (Å²) in [6.45, 7) is 1.45. The number of rotatable bonds is 7. The molecule has 0 spiro atoms. The van der Waals surface area contributed by atoms with Gasteiger partial charge in [-0.15, -0.1) is 0 Å². The van der Waals surface area contributed by atoms with E-state index in [-0.39, 0.29) is 5.60 Å². The second kappa shape index (κ2) is 6.67. The van der Waals surface area contributed by atoms with Crippen molar-refractivity contribution in [3.05, 3.63) is 65.2 Å². The molecule has 1 atom stereocenters. The predicted molar refractivity (Wildman–Crippen MR) is 101 cm³/mol. The van der Waals surface area contributed by atoms with E-state index in [1.54, 1.807) is 7.11 Å². The number of likely N-dealkylation sites (N-methyl/N-ethyl adjacent to an activating group) is 1. The lowest BCUT2D eigenvalue weighted by atomic mass is 10.0. The zero-order chi connectivity index (χ0) is 18.1. The highest BCUT2D eigenvalue weighted by atomic mass is 16.6. The molecule has 26 heavy (non-hydrogen) atoms. The first-order valence-electron chi connectivity index (χ1n) is 8.83. The molecule has 2 aromatic carbocycles. The van der Waals surface area contributed by atoms with E-state index in [0.29, 0.717) is 6.61 Å². The highest BCUT2D eigenvalue weighted by Gasteiger charge is 2.58. The van der Waals surface area contributed by atoms with Gasteiger partial charge in [-0.05, 0) is 32.3 Å². The first-order chi connectivity index (χ1) is 12.6. The number of nitrogens with zero attached hydrogens (tertiary/aromatic N) is 1. The van der Waals surface area contributed by atoms with Gasteiger partial charge in [0.2, 0.25) is 0 Å². The van der Waals surface area contributed by atoms with Crippen molar-refractivity contribution in [2.75, 3.05) is 34.4 Å². The number of benzene rings is 2. The van der Waals surface area contributed by atoms with Crippen molar-refractivity contribution in [2.24, 2.45) is 0 Å². The molecule has 1 aliphatic carbocycles. The third kappa shape index (κ3) is 2.93. The summed E-state index contributed by atoms with van der Waals surface area (Å²) < 4.78 is 11.8. The third-order valence-electron chi connectivity index (χ3n) is 4.89. The van der Waals surface area contributed by atoms with Gasteiger partial charge in [-0.3, -0.25) is 10.3 Å². The predicted octanol–water partition coefficient (Wildman–Crippen LogP) is 3.18. The Labute approximate surface area is 154 Å². The molecule has 2 aromatic rings. The van der Waals surface area contributed by atoms with Gasteiger partial charge in [0.1, 0.15) is 11.5 Å². The minimum Gasteiger partial charge on any atom is -0.497 e. The maximum atomic E-state index is 6.44. The van der Waals surface area contributed by atoms with Crippen LogP contribution in [0.1, 0.15) is 17.5 Å². The average Bonchev–Trinajstić information content (AvgIpc) is 3.40. The SMILES string of the molecule is COc1ccc2c(c1)C(NOCCN(C)C)=C1CC1(c1ccccc1)O2. The van der Waals surface area contributed by atoms with E-state index < -0.39 is 0 Å². The molecule has 1 aliphatic heterocycles. The van der Waals surface area contributed by atoms with E-state index in [9.17, 15) is 0 Å². The number of hydrogen-bond acceptors (Lipinski definition) is 5. The van der Waals surface area contributed by atoms with Crippen molar-refractivity contribution in [1.29, 1.82) is 0 Å². The molecule has 4 rings (SSSR count). The molecule has 5 nitrogen and oxygen atoms in total. The molecule has 0 amide bonds. The van der Waals surface area contributed by atoms with Gasteiger partial charge in [0.05, 0.1) is 19.4 Å². The van der Waals surface area contributed by atoms with Gasteiger partial charge in [0.15, 0.2) is 5.60 Å². The molecule has 1 N–H and O–H groups in total. The van der Waals surface area contributed by atoms with E-state index >= 15 is 0 Å². The third-order valence-corrected chi connectivity index (χ3v) is 4.89. The van der Waals surface area contributed by atoms with E-state index in [1.807, 2.05) is 50.5 Å². The molecule has 1 unspecified atom stereocenters. The van der Waals surface area contributed by atoms with Gasteiger partial charge in [0, 0.05) is 29.7 Å². The Kier molecular flexibility index (Phi) is 4.34. The quantitative estimate of drug-likeness (QED) is 0.612. The molecule has 5 heteroatoms. The topological polar surface area (TPSA) is 43.0 Å². The van der Waals surface area contributed by atoms with Crippen LogP contribution in [0, 0.1) is 0 Å². The smallest absolute Gasteiger partial charge is 0.162 e. The number of nitrogens with one attached hydrogen (secondary N) is 1. The number of hydroxylamine groups is 1. The summed E-state index contributed by atoms with van der Waals surface area (Å²) in [5.41, 5.74) is 7.17. The van der Waals surface area contributed by atoms with Crippen LogP contribution < -0.4 is 15.0 Å². The van der Waals surface area contributed by atoms with Gasteiger partial charge in [0.25, 0.3) is 0 Å². The Hall–Kier alpha value is -2.50. The van der Waals surface area contributed by atoms with Crippen molar-refractivity contribution in [2.45, 2.75) is 12.0 Å². The summed E-state index contributed by atoms with van der Waals surface area (Å²) in [4.78, 5) is 7.84. The summed E-state index contributed by atoms with van der Waals surface area (Å²) in [6, 6.07) is 16.2. The molecular formula is C21H24N2O3. The monoisotopic (exact) mass is 352 g/mol. The van der Waals surface area contributed by atoms with Crippen molar-refractivity contribution in [3.8, 4) is 11.5 Å². The van der Waals surface area contributed by atoms with Crippen LogP contribution in [0.4, 0.5) is 0 Å². The van der Waals surface area contributed by atoms with E-state index in [0.717, 1.165) is 35.7 Å². The van der Waals surface area contributed by atoms with Crippen molar-refractivity contribution in [3.63, 3.8) is 0 Å². The lowest BCUT2D eigenvalue weighted by molar-refractivity contribution is 0.0651. The van der Waals surface area contributed by atoms with Crippen LogP contribution in [0.3, 0.4) is 0 Å². The van der Waals surface area contributed by atoms with Crippen molar-refractivity contribution < 1.29 is 14.3 Å². The summed E-state index contributed by atoms with van der Waals surface area (Å²) in [5.74, 6) is 1.64. The van der Waals surface area contributed by atoms with E-state index in [1.165, 1.54) is 11.1 Å². The van der Waals surface area contributed by atoms with Crippen LogP contribution in [0.25, 0.3) is 5.70 Å². The summed E-state index contributed by atoms with van der Waals surface area (Å²) >= 11 is 0. The second-order valence-corrected chi connectivity index (χ2v) is 6.94. The first kappa shape index (κ1) is 16.9.